The van der Waals surface area contributed by atoms with Crippen LogP contribution in [0.2, 0.25) is 0 Å². The van der Waals surface area contributed by atoms with Crippen molar-refractivity contribution in [1.82, 2.24) is 4.98 Å². The number of nitrogens with zero attached hydrogens (tertiary/aromatic N) is 2. The molecule has 2 aromatic carbocycles. The van der Waals surface area contributed by atoms with E-state index >= 15 is 0 Å². The summed E-state index contributed by atoms with van der Waals surface area (Å²) in [5, 5.41) is 0.964. The van der Waals surface area contributed by atoms with Gasteiger partial charge in [-0.05, 0) is 23.3 Å². The zero-order valence-corrected chi connectivity index (χ0v) is 15.5. The van der Waals surface area contributed by atoms with Crippen LogP contribution in [0.3, 0.4) is 0 Å². The largest absolute Gasteiger partial charge is 0.356 e. The van der Waals surface area contributed by atoms with E-state index in [0.717, 1.165) is 64.9 Å². The highest BCUT2D eigenvalue weighted by molar-refractivity contribution is 6.25. The topological polar surface area (TPSA) is 51.7 Å². The molecule has 2 saturated heterocycles. The maximum absolute atomic E-state index is 13.0. The maximum Gasteiger partial charge on any atom is 0.194 e. The number of pyridine rings is 1. The van der Waals surface area contributed by atoms with Crippen LogP contribution in [0.25, 0.3) is 22.0 Å². The standard InChI is InChI=1S/C23H20N2O3/c26-22-16-5-2-1-4-15(16)18-14-20(24-19-7-3-6-17(22)21(18)19)25-10-8-23(9-11-25)27-12-13-28-23/h1-7,14H,8-13H2. The Morgan fingerprint density at radius 2 is 1.57 bits per heavy atom. The molecule has 1 aromatic heterocycles. The molecule has 1 spiro atoms. The third kappa shape index (κ3) is 2.26. The first kappa shape index (κ1) is 16.2. The number of carbonyl (C=O) groups excluding carboxylic acids is 1. The van der Waals surface area contributed by atoms with Gasteiger partial charge in [0, 0.05) is 42.4 Å². The minimum atomic E-state index is -0.395. The van der Waals surface area contributed by atoms with Crippen molar-refractivity contribution >= 4 is 22.5 Å². The van der Waals surface area contributed by atoms with Crippen LogP contribution in [-0.4, -0.2) is 42.9 Å². The predicted octanol–water partition coefficient (Wildman–Crippen LogP) is 3.79. The first-order valence-electron chi connectivity index (χ1n) is 9.85. The molecule has 2 fully saturated rings. The maximum atomic E-state index is 13.0. The van der Waals surface area contributed by atoms with Gasteiger partial charge in [-0.2, -0.15) is 0 Å². The molecule has 0 unspecified atom stereocenters. The molecule has 5 heteroatoms. The first-order valence-corrected chi connectivity index (χ1v) is 9.85. The Labute approximate surface area is 162 Å². The number of benzene rings is 2. The fraction of sp³-hybridized carbons (Fsp3) is 0.304. The summed E-state index contributed by atoms with van der Waals surface area (Å²) in [7, 11) is 0. The number of hydrogen-bond donors (Lipinski definition) is 0. The molecule has 6 rings (SSSR count). The summed E-state index contributed by atoms with van der Waals surface area (Å²) >= 11 is 0. The number of hydrogen-bond acceptors (Lipinski definition) is 5. The second-order valence-electron chi connectivity index (χ2n) is 7.70. The molecule has 0 N–H and O–H groups in total. The van der Waals surface area contributed by atoms with Crippen molar-refractivity contribution in [1.29, 1.82) is 0 Å². The first-order chi connectivity index (χ1) is 13.7. The number of aromatic nitrogens is 1. The van der Waals surface area contributed by atoms with Crippen LogP contribution in [0.1, 0.15) is 28.8 Å². The molecule has 28 heavy (non-hydrogen) atoms. The summed E-state index contributed by atoms with van der Waals surface area (Å²) in [6.07, 6.45) is 1.69. The average Bonchev–Trinajstić information content (AvgIpc) is 3.20. The van der Waals surface area contributed by atoms with Crippen molar-refractivity contribution < 1.29 is 14.3 Å². The van der Waals surface area contributed by atoms with Gasteiger partial charge in [0.25, 0.3) is 0 Å². The second-order valence-corrected chi connectivity index (χ2v) is 7.70. The van der Waals surface area contributed by atoms with Gasteiger partial charge in [-0.25, -0.2) is 4.98 Å². The molecule has 3 aromatic rings. The summed E-state index contributed by atoms with van der Waals surface area (Å²) in [5.41, 5.74) is 4.48. The Kier molecular flexibility index (Phi) is 3.40. The lowest BCUT2D eigenvalue weighted by Crippen LogP contribution is -2.45. The van der Waals surface area contributed by atoms with Crippen LogP contribution < -0.4 is 4.90 Å². The van der Waals surface area contributed by atoms with Gasteiger partial charge in [0.05, 0.1) is 18.7 Å². The number of anilines is 1. The molecule has 5 nitrogen and oxygen atoms in total. The van der Waals surface area contributed by atoms with Gasteiger partial charge in [-0.3, -0.25) is 4.79 Å². The van der Waals surface area contributed by atoms with Crippen LogP contribution in [0.15, 0.2) is 48.5 Å². The highest BCUT2D eigenvalue weighted by Gasteiger charge is 2.40. The summed E-state index contributed by atoms with van der Waals surface area (Å²) in [6, 6.07) is 15.8. The Morgan fingerprint density at radius 1 is 0.857 bits per heavy atom. The van der Waals surface area contributed by atoms with Gasteiger partial charge < -0.3 is 14.4 Å². The zero-order valence-electron chi connectivity index (χ0n) is 15.5. The molecular formula is C23H20N2O3. The van der Waals surface area contributed by atoms with E-state index in [2.05, 4.69) is 11.0 Å². The lowest BCUT2D eigenvalue weighted by Gasteiger charge is -2.38. The van der Waals surface area contributed by atoms with Crippen molar-refractivity contribution in [3.05, 3.63) is 59.7 Å². The summed E-state index contributed by atoms with van der Waals surface area (Å²) < 4.78 is 11.7. The van der Waals surface area contributed by atoms with Crippen molar-refractivity contribution in [3.8, 4) is 11.1 Å². The van der Waals surface area contributed by atoms with E-state index in [4.69, 9.17) is 14.5 Å². The van der Waals surface area contributed by atoms with Crippen LogP contribution in [-0.2, 0) is 9.47 Å². The molecule has 140 valence electrons. The van der Waals surface area contributed by atoms with Crippen LogP contribution in [0.4, 0.5) is 5.82 Å². The number of ether oxygens (including phenoxy) is 2. The monoisotopic (exact) mass is 372 g/mol. The third-order valence-electron chi connectivity index (χ3n) is 6.19. The van der Waals surface area contributed by atoms with Crippen molar-refractivity contribution in [3.63, 3.8) is 0 Å². The number of carbonyl (C=O) groups is 1. The fourth-order valence-corrected chi connectivity index (χ4v) is 4.76. The van der Waals surface area contributed by atoms with Crippen LogP contribution in [0, 0.1) is 0 Å². The van der Waals surface area contributed by atoms with E-state index in [0.29, 0.717) is 13.2 Å². The molecule has 0 atom stereocenters. The Bertz CT molecular complexity index is 1110. The Morgan fingerprint density at radius 3 is 2.36 bits per heavy atom. The van der Waals surface area contributed by atoms with Crippen LogP contribution in [0.5, 0.6) is 0 Å². The van der Waals surface area contributed by atoms with Crippen molar-refractivity contribution in [2.45, 2.75) is 18.6 Å². The smallest absolute Gasteiger partial charge is 0.194 e. The molecule has 0 radical (unpaired) electrons. The summed E-state index contributed by atoms with van der Waals surface area (Å²) in [6.45, 7) is 3.06. The minimum absolute atomic E-state index is 0.0821. The third-order valence-corrected chi connectivity index (χ3v) is 6.19. The van der Waals surface area contributed by atoms with E-state index in [1.54, 1.807) is 0 Å². The van der Waals surface area contributed by atoms with Gasteiger partial charge >= 0.3 is 0 Å². The SMILES string of the molecule is O=C1c2ccccc2-c2cc(N3CCC4(CC3)OCCO4)nc3cccc1c23. The Balaban J connectivity index is 1.47. The highest BCUT2D eigenvalue weighted by atomic mass is 16.7. The van der Waals surface area contributed by atoms with Crippen molar-refractivity contribution in [2.24, 2.45) is 0 Å². The van der Waals surface area contributed by atoms with Gasteiger partial charge in [-0.1, -0.05) is 36.4 Å². The quantitative estimate of drug-likeness (QED) is 0.509. The van der Waals surface area contributed by atoms with Gasteiger partial charge in [0.1, 0.15) is 5.82 Å². The lowest BCUT2D eigenvalue weighted by atomic mass is 9.84. The number of ketones is 1. The Hall–Kier alpha value is -2.76. The summed E-state index contributed by atoms with van der Waals surface area (Å²) in [4.78, 5) is 20.2. The number of rotatable bonds is 1. The molecule has 1 aliphatic carbocycles. The number of piperidine rings is 1. The molecular weight excluding hydrogens is 352 g/mol. The van der Waals surface area contributed by atoms with Crippen molar-refractivity contribution in [2.75, 3.05) is 31.2 Å². The normalized spacial score (nSPS) is 20.0. The van der Waals surface area contributed by atoms with E-state index in [9.17, 15) is 4.79 Å². The predicted molar refractivity (Wildman–Crippen MR) is 107 cm³/mol. The zero-order chi connectivity index (χ0) is 18.7. The second kappa shape index (κ2) is 5.87. The van der Waals surface area contributed by atoms with E-state index in [1.807, 2.05) is 42.5 Å². The van der Waals surface area contributed by atoms with E-state index < -0.39 is 5.79 Å². The average molecular weight is 372 g/mol. The van der Waals surface area contributed by atoms with Crippen LogP contribution >= 0.6 is 0 Å². The molecule has 3 aliphatic rings. The molecule has 0 saturated carbocycles. The van der Waals surface area contributed by atoms with Gasteiger partial charge in [0.15, 0.2) is 11.6 Å². The molecule has 0 bridgehead atoms. The number of fused-ring (bicyclic) bond motifs is 2. The van der Waals surface area contributed by atoms with Gasteiger partial charge in [0.2, 0.25) is 0 Å². The molecule has 3 heterocycles. The molecule has 0 amide bonds. The minimum Gasteiger partial charge on any atom is -0.356 e. The van der Waals surface area contributed by atoms with Gasteiger partial charge in [-0.15, -0.1) is 0 Å². The summed E-state index contributed by atoms with van der Waals surface area (Å²) in [5.74, 6) is 0.642. The molecule has 2 aliphatic heterocycles. The fourth-order valence-electron chi connectivity index (χ4n) is 4.76. The highest BCUT2D eigenvalue weighted by Crippen LogP contribution is 2.41. The lowest BCUT2D eigenvalue weighted by molar-refractivity contribution is -0.169. The van der Waals surface area contributed by atoms with E-state index in [-0.39, 0.29) is 5.78 Å². The van der Waals surface area contributed by atoms with E-state index in [1.165, 1.54) is 0 Å².